The average Bonchev–Trinajstić information content (AvgIpc) is 3.01. The number of anilines is 2. The number of nitrogens with zero attached hydrogens (tertiary/aromatic N) is 1. The van der Waals surface area contributed by atoms with Crippen LogP contribution in [0.1, 0.15) is 30.9 Å². The fourth-order valence-corrected chi connectivity index (χ4v) is 4.03. The van der Waals surface area contributed by atoms with Gasteiger partial charge in [0.1, 0.15) is 5.75 Å². The molecule has 0 aromatic heterocycles. The molecule has 1 aliphatic heterocycles. The van der Waals surface area contributed by atoms with Gasteiger partial charge in [-0.15, -0.1) is 0 Å². The second-order valence-corrected chi connectivity index (χ2v) is 8.75. The fraction of sp³-hybridized carbons (Fsp3) is 0.321. The highest BCUT2D eigenvalue weighted by atomic mass is 35.5. The highest BCUT2D eigenvalue weighted by molar-refractivity contribution is 6.30. The molecule has 10 heteroatoms. The molecule has 0 spiro atoms. The van der Waals surface area contributed by atoms with Crippen molar-refractivity contribution in [1.29, 1.82) is 0 Å². The lowest BCUT2D eigenvalue weighted by molar-refractivity contribution is -0.137. The summed E-state index contributed by atoms with van der Waals surface area (Å²) in [6.07, 6.45) is 8.18. The zero-order valence-corrected chi connectivity index (χ0v) is 22.0. The molecule has 9 nitrogen and oxygen atoms in total. The third-order valence-electron chi connectivity index (χ3n) is 5.51. The molecule has 4 N–H and O–H groups in total. The third kappa shape index (κ3) is 10.7. The van der Waals surface area contributed by atoms with Crippen molar-refractivity contribution in [3.05, 3.63) is 76.9 Å². The van der Waals surface area contributed by atoms with Crippen molar-refractivity contribution in [3.8, 4) is 5.75 Å². The van der Waals surface area contributed by atoms with E-state index in [4.69, 9.17) is 26.6 Å². The zero-order chi connectivity index (χ0) is 27.9. The van der Waals surface area contributed by atoms with E-state index >= 15 is 0 Å². The van der Waals surface area contributed by atoms with Crippen LogP contribution < -0.4 is 10.2 Å². The summed E-state index contributed by atoms with van der Waals surface area (Å²) in [6, 6.07) is 11.7. The molecule has 1 aliphatic rings. The maximum Gasteiger partial charge on any atom is 0.330 e. The van der Waals surface area contributed by atoms with Crippen molar-refractivity contribution < 1.29 is 34.4 Å². The second kappa shape index (κ2) is 16.1. The summed E-state index contributed by atoms with van der Waals surface area (Å²) < 4.78 is 4.85. The SMILES string of the molecule is CCOC(=O)/C=C/CNCCCCN1c2ccc(O)cc2CCc2ccc(Cl)cc21.O=C(O)/C=C\C(=O)O. The zero-order valence-electron chi connectivity index (χ0n) is 21.2. The number of hydrogen-bond donors (Lipinski definition) is 4. The number of esters is 1. The number of hydrogen-bond acceptors (Lipinski definition) is 7. The Morgan fingerprint density at radius 3 is 2.37 bits per heavy atom. The highest BCUT2D eigenvalue weighted by Crippen LogP contribution is 2.38. The molecule has 2 aromatic rings. The lowest BCUT2D eigenvalue weighted by Gasteiger charge is -2.27. The molecule has 0 atom stereocenters. The lowest BCUT2D eigenvalue weighted by Crippen LogP contribution is -2.22. The molecule has 38 heavy (non-hydrogen) atoms. The van der Waals surface area contributed by atoms with E-state index in [0.717, 1.165) is 60.7 Å². The number of aryl methyl sites for hydroxylation is 2. The van der Waals surface area contributed by atoms with Crippen LogP contribution in [0, 0.1) is 0 Å². The minimum absolute atomic E-state index is 0.303. The monoisotopic (exact) mass is 544 g/mol. The van der Waals surface area contributed by atoms with Crippen LogP contribution in [0.4, 0.5) is 11.4 Å². The number of nitrogens with one attached hydrogen (secondary N) is 1. The van der Waals surface area contributed by atoms with Crippen molar-refractivity contribution in [2.45, 2.75) is 32.6 Å². The summed E-state index contributed by atoms with van der Waals surface area (Å²) in [5, 5.41) is 29.6. The van der Waals surface area contributed by atoms with Gasteiger partial charge in [-0.2, -0.15) is 0 Å². The lowest BCUT2D eigenvalue weighted by atomic mass is 10.0. The number of aromatic hydroxyl groups is 1. The maximum absolute atomic E-state index is 11.3. The minimum atomic E-state index is -1.26. The number of ether oxygens (including phenoxy) is 1. The Kier molecular flexibility index (Phi) is 12.9. The Hall–Kier alpha value is -3.82. The molecular weight excluding hydrogens is 512 g/mol. The number of unbranched alkanes of at least 4 members (excludes halogenated alkanes) is 1. The van der Waals surface area contributed by atoms with E-state index in [9.17, 15) is 19.5 Å². The Bertz CT molecular complexity index is 1150. The molecule has 0 aliphatic carbocycles. The van der Waals surface area contributed by atoms with Gasteiger partial charge in [0.15, 0.2) is 0 Å². The number of carboxylic acid groups (broad SMARTS) is 2. The first-order valence-corrected chi connectivity index (χ1v) is 12.6. The van der Waals surface area contributed by atoms with Crippen LogP contribution in [0.5, 0.6) is 5.75 Å². The van der Waals surface area contributed by atoms with Crippen LogP contribution in [-0.2, 0) is 32.0 Å². The van der Waals surface area contributed by atoms with Gasteiger partial charge in [0.25, 0.3) is 0 Å². The number of rotatable bonds is 11. The van der Waals surface area contributed by atoms with Crippen LogP contribution in [0.25, 0.3) is 0 Å². The van der Waals surface area contributed by atoms with Crippen molar-refractivity contribution in [3.63, 3.8) is 0 Å². The van der Waals surface area contributed by atoms with Crippen LogP contribution in [0.15, 0.2) is 60.7 Å². The number of aliphatic carboxylic acids is 2. The number of fused-ring (bicyclic) bond motifs is 2. The minimum Gasteiger partial charge on any atom is -0.508 e. The van der Waals surface area contributed by atoms with Crippen molar-refractivity contribution in [1.82, 2.24) is 5.32 Å². The Labute approximate surface area is 227 Å². The van der Waals surface area contributed by atoms with Gasteiger partial charge in [0.05, 0.1) is 6.61 Å². The standard InChI is InChI=1S/C24H29ClN2O3.C4H4O4/c1-2-30-24(29)6-5-14-26-13-3-4-15-27-22-12-11-21(28)16-19(22)8-7-18-9-10-20(25)17-23(18)27;5-3(6)1-2-4(7)8/h5-6,9-12,16-17,26,28H,2-4,7-8,13-15H2,1H3;1-2H,(H,5,6)(H,7,8)/b6-5+;2-1-. The van der Waals surface area contributed by atoms with E-state index in [2.05, 4.69) is 16.3 Å². The van der Waals surface area contributed by atoms with E-state index in [1.54, 1.807) is 19.1 Å². The van der Waals surface area contributed by atoms with E-state index in [1.807, 2.05) is 24.3 Å². The van der Waals surface area contributed by atoms with Gasteiger partial charge in [-0.05, 0) is 80.6 Å². The van der Waals surface area contributed by atoms with Gasteiger partial charge in [0, 0.05) is 47.7 Å². The third-order valence-corrected chi connectivity index (χ3v) is 5.75. The first-order valence-electron chi connectivity index (χ1n) is 12.3. The molecule has 0 saturated heterocycles. The van der Waals surface area contributed by atoms with Crippen molar-refractivity contribution >= 4 is 40.9 Å². The molecular formula is C28H33ClN2O7. The summed E-state index contributed by atoms with van der Waals surface area (Å²) in [7, 11) is 0. The second-order valence-electron chi connectivity index (χ2n) is 8.31. The van der Waals surface area contributed by atoms with E-state index in [-0.39, 0.29) is 5.97 Å². The number of carbonyl (C=O) groups excluding carboxylic acids is 1. The first kappa shape index (κ1) is 30.4. The summed E-state index contributed by atoms with van der Waals surface area (Å²) in [5.74, 6) is -2.51. The van der Waals surface area contributed by atoms with Gasteiger partial charge in [-0.3, -0.25) is 0 Å². The number of phenols is 1. The summed E-state index contributed by atoms with van der Waals surface area (Å²) in [5.41, 5.74) is 4.72. The molecule has 0 amide bonds. The predicted molar refractivity (Wildman–Crippen MR) is 146 cm³/mol. The molecule has 0 fully saturated rings. The smallest absolute Gasteiger partial charge is 0.330 e. The summed E-state index contributed by atoms with van der Waals surface area (Å²) in [4.78, 5) is 32.7. The summed E-state index contributed by atoms with van der Waals surface area (Å²) >= 11 is 6.31. The molecule has 1 heterocycles. The van der Waals surface area contributed by atoms with Gasteiger partial charge in [0.2, 0.25) is 0 Å². The Morgan fingerprint density at radius 2 is 1.68 bits per heavy atom. The van der Waals surface area contributed by atoms with Gasteiger partial charge < -0.3 is 30.3 Å². The Balaban J connectivity index is 0.000000550. The van der Waals surface area contributed by atoms with Crippen LogP contribution >= 0.6 is 11.6 Å². The molecule has 204 valence electrons. The maximum atomic E-state index is 11.3. The topological polar surface area (TPSA) is 136 Å². The molecule has 0 saturated carbocycles. The van der Waals surface area contributed by atoms with Crippen LogP contribution in [0.2, 0.25) is 5.02 Å². The quantitative estimate of drug-likeness (QED) is 0.183. The highest BCUT2D eigenvalue weighted by Gasteiger charge is 2.21. The number of phenolic OH excluding ortho intramolecular Hbond substituents is 1. The number of carbonyl (C=O) groups is 3. The Morgan fingerprint density at radius 1 is 0.974 bits per heavy atom. The molecule has 3 rings (SSSR count). The first-order chi connectivity index (χ1) is 18.2. The van der Waals surface area contributed by atoms with Gasteiger partial charge in [-0.25, -0.2) is 14.4 Å². The normalized spacial score (nSPS) is 12.3. The molecule has 0 unspecified atom stereocenters. The van der Waals surface area contributed by atoms with E-state index in [0.29, 0.717) is 31.1 Å². The number of carboxylic acids is 2. The van der Waals surface area contributed by atoms with E-state index < -0.39 is 11.9 Å². The van der Waals surface area contributed by atoms with Crippen molar-refractivity contribution in [2.75, 3.05) is 31.1 Å². The summed E-state index contributed by atoms with van der Waals surface area (Å²) in [6.45, 7) is 4.56. The van der Waals surface area contributed by atoms with Crippen molar-refractivity contribution in [2.24, 2.45) is 0 Å². The largest absolute Gasteiger partial charge is 0.508 e. The van der Waals surface area contributed by atoms with Gasteiger partial charge in [-0.1, -0.05) is 23.7 Å². The van der Waals surface area contributed by atoms with E-state index in [1.165, 1.54) is 11.6 Å². The molecule has 0 radical (unpaired) electrons. The predicted octanol–water partition coefficient (Wildman–Crippen LogP) is 4.48. The molecule has 0 bridgehead atoms. The number of benzene rings is 2. The van der Waals surface area contributed by atoms with Crippen LogP contribution in [0.3, 0.4) is 0 Å². The molecule has 2 aromatic carbocycles. The number of halogens is 1. The van der Waals surface area contributed by atoms with Gasteiger partial charge >= 0.3 is 17.9 Å². The van der Waals surface area contributed by atoms with Crippen LogP contribution in [-0.4, -0.2) is 59.5 Å². The fourth-order valence-electron chi connectivity index (χ4n) is 3.87. The average molecular weight is 545 g/mol.